The van der Waals surface area contributed by atoms with E-state index in [0.29, 0.717) is 12.4 Å². The van der Waals surface area contributed by atoms with E-state index in [1.165, 1.54) is 11.3 Å². The second kappa shape index (κ2) is 6.72. The summed E-state index contributed by atoms with van der Waals surface area (Å²) < 4.78 is 6.41. The van der Waals surface area contributed by atoms with Gasteiger partial charge in [0.15, 0.2) is 0 Å². The third-order valence-corrected chi connectivity index (χ3v) is 3.98. The van der Waals surface area contributed by atoms with E-state index in [-0.39, 0.29) is 5.57 Å². The van der Waals surface area contributed by atoms with Gasteiger partial charge in [-0.15, -0.1) is 11.3 Å². The standard InChI is InChI=1S/C15H13BrO3S/c1-2-19-13-6-5-11(16)8-10(13)9-12(15(17)18)14-4-3-7-20-14/h3-9H,2H2,1H3,(H,17,18)/b12-9-. The summed E-state index contributed by atoms with van der Waals surface area (Å²) in [5.74, 6) is -0.277. The van der Waals surface area contributed by atoms with Crippen molar-refractivity contribution < 1.29 is 14.6 Å². The van der Waals surface area contributed by atoms with Gasteiger partial charge >= 0.3 is 5.97 Å². The van der Waals surface area contributed by atoms with Gasteiger partial charge in [0, 0.05) is 14.9 Å². The lowest BCUT2D eigenvalue weighted by atomic mass is 10.1. The van der Waals surface area contributed by atoms with Gasteiger partial charge in [-0.2, -0.15) is 0 Å². The summed E-state index contributed by atoms with van der Waals surface area (Å²) in [7, 11) is 0. The van der Waals surface area contributed by atoms with Gasteiger partial charge in [-0.1, -0.05) is 22.0 Å². The third-order valence-electron chi connectivity index (χ3n) is 2.59. The summed E-state index contributed by atoms with van der Waals surface area (Å²) in [5.41, 5.74) is 1.01. The molecule has 0 fully saturated rings. The van der Waals surface area contributed by atoms with Gasteiger partial charge in [0.2, 0.25) is 0 Å². The Bertz CT molecular complexity index is 633. The molecule has 0 radical (unpaired) electrons. The summed E-state index contributed by atoms with van der Waals surface area (Å²) in [5, 5.41) is 11.2. The highest BCUT2D eigenvalue weighted by atomic mass is 79.9. The highest BCUT2D eigenvalue weighted by Gasteiger charge is 2.13. The van der Waals surface area contributed by atoms with Crippen molar-refractivity contribution in [2.24, 2.45) is 0 Å². The zero-order valence-corrected chi connectivity index (χ0v) is 13.2. The molecule has 0 spiro atoms. The molecule has 1 aromatic carbocycles. The molecule has 0 aliphatic rings. The Labute approximate surface area is 129 Å². The van der Waals surface area contributed by atoms with Crippen LogP contribution in [-0.4, -0.2) is 17.7 Å². The van der Waals surface area contributed by atoms with E-state index in [4.69, 9.17) is 4.74 Å². The molecule has 0 aliphatic carbocycles. The number of carbonyl (C=O) groups is 1. The van der Waals surface area contributed by atoms with Crippen LogP contribution >= 0.6 is 27.3 Å². The van der Waals surface area contributed by atoms with E-state index in [2.05, 4.69) is 15.9 Å². The molecular formula is C15H13BrO3S. The first-order valence-corrected chi connectivity index (χ1v) is 7.70. The highest BCUT2D eigenvalue weighted by Crippen LogP contribution is 2.29. The maximum Gasteiger partial charge on any atom is 0.337 e. The SMILES string of the molecule is CCOc1ccc(Br)cc1/C=C(\C(=O)O)c1cccs1. The van der Waals surface area contributed by atoms with Crippen LogP contribution in [0.1, 0.15) is 17.4 Å². The molecule has 104 valence electrons. The highest BCUT2D eigenvalue weighted by molar-refractivity contribution is 9.10. The predicted octanol–water partition coefficient (Wildman–Crippen LogP) is 4.53. The average molecular weight is 353 g/mol. The summed E-state index contributed by atoms with van der Waals surface area (Å²) in [6, 6.07) is 9.17. The van der Waals surface area contributed by atoms with Crippen LogP contribution in [0.4, 0.5) is 0 Å². The van der Waals surface area contributed by atoms with Crippen molar-refractivity contribution in [2.45, 2.75) is 6.92 Å². The fourth-order valence-electron chi connectivity index (χ4n) is 1.74. The number of carboxylic acids is 1. The molecule has 0 atom stereocenters. The van der Waals surface area contributed by atoms with Crippen molar-refractivity contribution in [2.75, 3.05) is 6.61 Å². The molecule has 1 N–H and O–H groups in total. The van der Waals surface area contributed by atoms with Crippen LogP contribution in [-0.2, 0) is 4.79 Å². The third kappa shape index (κ3) is 3.49. The number of ether oxygens (including phenoxy) is 1. The molecule has 0 saturated carbocycles. The summed E-state index contributed by atoms with van der Waals surface area (Å²) in [6.45, 7) is 2.43. The van der Waals surface area contributed by atoms with Gasteiger partial charge in [-0.05, 0) is 42.6 Å². The lowest BCUT2D eigenvalue weighted by Gasteiger charge is -2.08. The molecule has 5 heteroatoms. The Morgan fingerprint density at radius 2 is 2.25 bits per heavy atom. The molecule has 0 aliphatic heterocycles. The van der Waals surface area contributed by atoms with E-state index >= 15 is 0 Å². The fraction of sp³-hybridized carbons (Fsp3) is 0.133. The van der Waals surface area contributed by atoms with Gasteiger partial charge in [0.05, 0.1) is 12.2 Å². The minimum atomic E-state index is -0.949. The van der Waals surface area contributed by atoms with Gasteiger partial charge in [0.1, 0.15) is 5.75 Å². The maximum atomic E-state index is 11.4. The van der Waals surface area contributed by atoms with Crippen LogP contribution in [0.25, 0.3) is 11.6 Å². The first-order valence-electron chi connectivity index (χ1n) is 6.03. The largest absolute Gasteiger partial charge is 0.493 e. The number of carboxylic acid groups (broad SMARTS) is 1. The first kappa shape index (κ1) is 14.8. The van der Waals surface area contributed by atoms with Crippen molar-refractivity contribution >= 4 is 44.9 Å². The molecule has 3 nitrogen and oxygen atoms in total. The monoisotopic (exact) mass is 352 g/mol. The number of thiophene rings is 1. The Hall–Kier alpha value is -1.59. The topological polar surface area (TPSA) is 46.5 Å². The maximum absolute atomic E-state index is 11.4. The molecule has 1 aromatic heterocycles. The number of rotatable bonds is 5. The smallest absolute Gasteiger partial charge is 0.337 e. The number of benzene rings is 1. The molecule has 0 bridgehead atoms. The van der Waals surface area contributed by atoms with E-state index in [1.54, 1.807) is 12.1 Å². The van der Waals surface area contributed by atoms with Crippen LogP contribution in [0.5, 0.6) is 5.75 Å². The van der Waals surface area contributed by atoms with Gasteiger partial charge < -0.3 is 9.84 Å². The van der Waals surface area contributed by atoms with Crippen molar-refractivity contribution in [3.8, 4) is 5.75 Å². The van der Waals surface area contributed by atoms with Crippen LogP contribution in [0.2, 0.25) is 0 Å². The zero-order chi connectivity index (χ0) is 14.5. The summed E-state index contributed by atoms with van der Waals surface area (Å²) in [6.07, 6.45) is 1.64. The Kier molecular flexibility index (Phi) is 4.98. The molecule has 1 heterocycles. The van der Waals surface area contributed by atoms with Crippen LogP contribution in [0.15, 0.2) is 40.2 Å². The predicted molar refractivity (Wildman–Crippen MR) is 85.1 cm³/mol. The normalized spacial score (nSPS) is 11.4. The number of hydrogen-bond donors (Lipinski definition) is 1. The second-order valence-electron chi connectivity index (χ2n) is 3.96. The van der Waals surface area contributed by atoms with Crippen LogP contribution < -0.4 is 4.74 Å². The number of hydrogen-bond acceptors (Lipinski definition) is 3. The van der Waals surface area contributed by atoms with E-state index in [1.807, 2.05) is 36.6 Å². The Morgan fingerprint density at radius 3 is 2.85 bits per heavy atom. The van der Waals surface area contributed by atoms with Crippen molar-refractivity contribution in [1.82, 2.24) is 0 Å². The molecular weight excluding hydrogens is 340 g/mol. The van der Waals surface area contributed by atoms with E-state index < -0.39 is 5.97 Å². The molecule has 0 amide bonds. The number of aliphatic carboxylic acids is 1. The summed E-state index contributed by atoms with van der Waals surface area (Å²) in [4.78, 5) is 12.2. The minimum absolute atomic E-state index is 0.263. The number of halogens is 1. The molecule has 20 heavy (non-hydrogen) atoms. The first-order chi connectivity index (χ1) is 9.61. The minimum Gasteiger partial charge on any atom is -0.493 e. The molecule has 0 unspecified atom stereocenters. The quantitative estimate of drug-likeness (QED) is 0.803. The summed E-state index contributed by atoms with van der Waals surface area (Å²) >= 11 is 4.79. The van der Waals surface area contributed by atoms with Gasteiger partial charge in [0.25, 0.3) is 0 Å². The van der Waals surface area contributed by atoms with Crippen molar-refractivity contribution in [1.29, 1.82) is 0 Å². The average Bonchev–Trinajstić information content (AvgIpc) is 2.92. The lowest BCUT2D eigenvalue weighted by Crippen LogP contribution is -1.99. The molecule has 0 saturated heterocycles. The lowest BCUT2D eigenvalue weighted by molar-refractivity contribution is -0.130. The van der Waals surface area contributed by atoms with Crippen molar-refractivity contribution in [3.63, 3.8) is 0 Å². The fourth-order valence-corrected chi connectivity index (χ4v) is 2.86. The van der Waals surface area contributed by atoms with Crippen LogP contribution in [0, 0.1) is 0 Å². The van der Waals surface area contributed by atoms with Crippen LogP contribution in [0.3, 0.4) is 0 Å². The zero-order valence-electron chi connectivity index (χ0n) is 10.8. The van der Waals surface area contributed by atoms with Gasteiger partial charge in [-0.3, -0.25) is 0 Å². The Morgan fingerprint density at radius 1 is 1.45 bits per heavy atom. The molecule has 2 rings (SSSR count). The van der Waals surface area contributed by atoms with E-state index in [0.717, 1.165) is 14.9 Å². The Balaban J connectivity index is 2.51. The van der Waals surface area contributed by atoms with E-state index in [9.17, 15) is 9.90 Å². The second-order valence-corrected chi connectivity index (χ2v) is 5.82. The van der Waals surface area contributed by atoms with Gasteiger partial charge in [-0.25, -0.2) is 4.79 Å². The van der Waals surface area contributed by atoms with Crippen molar-refractivity contribution in [3.05, 3.63) is 50.6 Å². The molecule has 2 aromatic rings.